The average molecular weight is 264 g/mol. The smallest absolute Gasteiger partial charge is 0.230 e. The number of aromatic amines is 1. The summed E-state index contributed by atoms with van der Waals surface area (Å²) >= 11 is 6.00. The van der Waals surface area contributed by atoms with Gasteiger partial charge >= 0.3 is 0 Å². The molecule has 0 bridgehead atoms. The summed E-state index contributed by atoms with van der Waals surface area (Å²) in [6, 6.07) is 9.13. The molecule has 0 radical (unpaired) electrons. The normalized spacial score (nSPS) is 10.3. The summed E-state index contributed by atoms with van der Waals surface area (Å²) in [5.74, 6) is 0.418. The van der Waals surface area contributed by atoms with E-state index in [2.05, 4.69) is 15.5 Å². The van der Waals surface area contributed by atoms with E-state index in [9.17, 15) is 4.79 Å². The highest BCUT2D eigenvalue weighted by atomic mass is 35.5. The zero-order valence-corrected chi connectivity index (χ0v) is 10.8. The Balaban J connectivity index is 1.99. The Morgan fingerprint density at radius 2 is 2.22 bits per heavy atom. The Labute approximate surface area is 110 Å². The van der Waals surface area contributed by atoms with Gasteiger partial charge in [-0.25, -0.2) is 0 Å². The number of aryl methyl sites for hydroxylation is 1. The van der Waals surface area contributed by atoms with Crippen LogP contribution in [0.3, 0.4) is 0 Å². The first kappa shape index (κ1) is 12.6. The minimum absolute atomic E-state index is 0.128. The van der Waals surface area contributed by atoms with E-state index in [0.29, 0.717) is 10.8 Å². The zero-order valence-electron chi connectivity index (χ0n) is 10.0. The van der Waals surface area contributed by atoms with Crippen LogP contribution in [0, 0.1) is 0 Å². The molecule has 2 aromatic rings. The SMILES string of the molecule is CCc1cc(NC(=O)Cc2ccccc2Cl)n[nH]1. The van der Waals surface area contributed by atoms with Crippen molar-refractivity contribution in [3.63, 3.8) is 0 Å². The van der Waals surface area contributed by atoms with E-state index in [-0.39, 0.29) is 12.3 Å². The predicted octanol–water partition coefficient (Wildman–Crippen LogP) is 2.81. The second-order valence-electron chi connectivity index (χ2n) is 3.95. The van der Waals surface area contributed by atoms with Crippen molar-refractivity contribution in [2.24, 2.45) is 0 Å². The van der Waals surface area contributed by atoms with Crippen LogP contribution in [-0.2, 0) is 17.6 Å². The van der Waals surface area contributed by atoms with Crippen LogP contribution in [0.15, 0.2) is 30.3 Å². The molecule has 0 aliphatic carbocycles. The molecular formula is C13H14ClN3O. The average Bonchev–Trinajstić information content (AvgIpc) is 2.80. The lowest BCUT2D eigenvalue weighted by Gasteiger charge is -2.03. The molecule has 1 aromatic heterocycles. The largest absolute Gasteiger partial charge is 0.309 e. The summed E-state index contributed by atoms with van der Waals surface area (Å²) in [7, 11) is 0. The van der Waals surface area contributed by atoms with Gasteiger partial charge in [0.25, 0.3) is 0 Å². The second kappa shape index (κ2) is 5.69. The first-order chi connectivity index (χ1) is 8.69. The van der Waals surface area contributed by atoms with Gasteiger partial charge in [0.15, 0.2) is 5.82 Å². The number of H-pyrrole nitrogens is 1. The standard InChI is InChI=1S/C13H14ClN3O/c1-2-10-8-12(17-16-10)15-13(18)7-9-5-3-4-6-11(9)14/h3-6,8H,2,7H2,1H3,(H2,15,16,17,18). The number of rotatable bonds is 4. The van der Waals surface area contributed by atoms with Crippen LogP contribution in [0.4, 0.5) is 5.82 Å². The zero-order chi connectivity index (χ0) is 13.0. The van der Waals surface area contributed by atoms with Crippen LogP contribution in [0.1, 0.15) is 18.2 Å². The third kappa shape index (κ3) is 3.11. The molecule has 0 aliphatic rings. The van der Waals surface area contributed by atoms with E-state index in [1.165, 1.54) is 0 Å². The van der Waals surface area contributed by atoms with Crippen molar-refractivity contribution in [3.05, 3.63) is 46.6 Å². The molecule has 5 heteroatoms. The van der Waals surface area contributed by atoms with Crippen LogP contribution in [0.25, 0.3) is 0 Å². The Morgan fingerprint density at radius 3 is 2.89 bits per heavy atom. The van der Waals surface area contributed by atoms with Crippen molar-refractivity contribution in [1.82, 2.24) is 10.2 Å². The van der Waals surface area contributed by atoms with Crippen molar-refractivity contribution in [3.8, 4) is 0 Å². The van der Waals surface area contributed by atoms with Gasteiger partial charge in [-0.3, -0.25) is 9.89 Å². The topological polar surface area (TPSA) is 57.8 Å². The van der Waals surface area contributed by atoms with E-state index in [1.54, 1.807) is 6.07 Å². The second-order valence-corrected chi connectivity index (χ2v) is 4.36. The molecule has 0 saturated carbocycles. The fourth-order valence-electron chi connectivity index (χ4n) is 1.61. The van der Waals surface area contributed by atoms with Crippen molar-refractivity contribution >= 4 is 23.3 Å². The lowest BCUT2D eigenvalue weighted by atomic mass is 10.1. The molecule has 2 rings (SSSR count). The summed E-state index contributed by atoms with van der Waals surface area (Å²) in [6.07, 6.45) is 1.10. The van der Waals surface area contributed by atoms with E-state index < -0.39 is 0 Å². The molecule has 2 N–H and O–H groups in total. The van der Waals surface area contributed by atoms with E-state index in [1.807, 2.05) is 31.2 Å². The number of hydrogen-bond donors (Lipinski definition) is 2. The summed E-state index contributed by atoms with van der Waals surface area (Å²) in [6.45, 7) is 2.02. The van der Waals surface area contributed by atoms with Crippen LogP contribution in [0.5, 0.6) is 0 Å². The highest BCUT2D eigenvalue weighted by Gasteiger charge is 2.08. The lowest BCUT2D eigenvalue weighted by Crippen LogP contribution is -2.14. The quantitative estimate of drug-likeness (QED) is 0.891. The number of halogens is 1. The van der Waals surface area contributed by atoms with Gasteiger partial charge in [-0.05, 0) is 18.1 Å². The van der Waals surface area contributed by atoms with Crippen molar-refractivity contribution in [2.45, 2.75) is 19.8 Å². The summed E-state index contributed by atoms with van der Waals surface area (Å²) in [5.41, 5.74) is 1.80. The molecular weight excluding hydrogens is 250 g/mol. The Kier molecular flexibility index (Phi) is 3.99. The van der Waals surface area contributed by atoms with Gasteiger partial charge in [0.05, 0.1) is 6.42 Å². The molecule has 0 saturated heterocycles. The van der Waals surface area contributed by atoms with E-state index in [4.69, 9.17) is 11.6 Å². The highest BCUT2D eigenvalue weighted by molar-refractivity contribution is 6.31. The minimum Gasteiger partial charge on any atom is -0.309 e. The summed E-state index contributed by atoms with van der Waals surface area (Å²) in [4.78, 5) is 11.8. The van der Waals surface area contributed by atoms with Gasteiger partial charge in [-0.2, -0.15) is 5.10 Å². The van der Waals surface area contributed by atoms with Gasteiger partial charge in [-0.1, -0.05) is 36.7 Å². The third-order valence-electron chi connectivity index (χ3n) is 2.59. The van der Waals surface area contributed by atoms with Crippen LogP contribution >= 0.6 is 11.6 Å². The number of benzene rings is 1. The van der Waals surface area contributed by atoms with Gasteiger partial charge < -0.3 is 5.32 Å². The summed E-state index contributed by atoms with van der Waals surface area (Å²) < 4.78 is 0. The molecule has 0 aliphatic heterocycles. The molecule has 0 fully saturated rings. The Hall–Kier alpha value is -1.81. The maximum absolute atomic E-state index is 11.8. The molecule has 1 aromatic carbocycles. The number of nitrogens with zero attached hydrogens (tertiary/aromatic N) is 1. The first-order valence-corrected chi connectivity index (χ1v) is 6.14. The number of carbonyl (C=O) groups excluding carboxylic acids is 1. The van der Waals surface area contributed by atoms with Gasteiger partial charge in [0.1, 0.15) is 0 Å². The van der Waals surface area contributed by atoms with Crippen LogP contribution in [0.2, 0.25) is 5.02 Å². The Morgan fingerprint density at radius 1 is 1.44 bits per heavy atom. The maximum Gasteiger partial charge on any atom is 0.230 e. The fourth-order valence-corrected chi connectivity index (χ4v) is 1.81. The monoisotopic (exact) mass is 263 g/mol. The predicted molar refractivity (Wildman–Crippen MR) is 71.8 cm³/mol. The molecule has 0 atom stereocenters. The fraction of sp³-hybridized carbons (Fsp3) is 0.231. The van der Waals surface area contributed by atoms with Gasteiger partial charge in [0, 0.05) is 16.8 Å². The number of hydrogen-bond acceptors (Lipinski definition) is 2. The summed E-state index contributed by atoms with van der Waals surface area (Å²) in [5, 5.41) is 10.2. The van der Waals surface area contributed by atoms with Gasteiger partial charge in [-0.15, -0.1) is 0 Å². The number of anilines is 1. The Bertz CT molecular complexity index is 551. The molecule has 18 heavy (non-hydrogen) atoms. The molecule has 0 unspecified atom stereocenters. The van der Waals surface area contributed by atoms with E-state index in [0.717, 1.165) is 17.7 Å². The lowest BCUT2D eigenvalue weighted by molar-refractivity contribution is -0.115. The van der Waals surface area contributed by atoms with Crippen molar-refractivity contribution in [2.75, 3.05) is 5.32 Å². The third-order valence-corrected chi connectivity index (χ3v) is 2.96. The number of nitrogens with one attached hydrogen (secondary N) is 2. The van der Waals surface area contributed by atoms with Crippen LogP contribution < -0.4 is 5.32 Å². The first-order valence-electron chi connectivity index (χ1n) is 5.76. The molecule has 1 heterocycles. The van der Waals surface area contributed by atoms with Crippen molar-refractivity contribution in [1.29, 1.82) is 0 Å². The van der Waals surface area contributed by atoms with Crippen LogP contribution in [-0.4, -0.2) is 16.1 Å². The van der Waals surface area contributed by atoms with Crippen molar-refractivity contribution < 1.29 is 4.79 Å². The number of carbonyl (C=O) groups is 1. The number of amides is 1. The highest BCUT2D eigenvalue weighted by Crippen LogP contribution is 2.16. The maximum atomic E-state index is 11.8. The number of aromatic nitrogens is 2. The minimum atomic E-state index is -0.128. The molecule has 94 valence electrons. The van der Waals surface area contributed by atoms with E-state index >= 15 is 0 Å². The molecule has 0 spiro atoms. The van der Waals surface area contributed by atoms with Gasteiger partial charge in [0.2, 0.25) is 5.91 Å². The molecule has 1 amide bonds. The molecule has 4 nitrogen and oxygen atoms in total.